The van der Waals surface area contributed by atoms with Gasteiger partial charge in [-0.3, -0.25) is 14.4 Å². The lowest BCUT2D eigenvalue weighted by Gasteiger charge is -2.18. The van der Waals surface area contributed by atoms with Crippen molar-refractivity contribution in [2.24, 2.45) is 0 Å². The van der Waals surface area contributed by atoms with E-state index in [1.807, 2.05) is 54.7 Å². The van der Waals surface area contributed by atoms with Gasteiger partial charge in [0.1, 0.15) is 13.2 Å². The molecule has 0 spiro atoms. The van der Waals surface area contributed by atoms with Gasteiger partial charge in [0.15, 0.2) is 6.10 Å². The fraction of sp³-hybridized carbons (Fsp3) is 0.569. The van der Waals surface area contributed by atoms with E-state index in [1.54, 1.807) is 0 Å². The third kappa shape index (κ3) is 48.6. The van der Waals surface area contributed by atoms with Crippen molar-refractivity contribution in [1.82, 2.24) is 0 Å². The highest BCUT2D eigenvalue weighted by Crippen LogP contribution is 2.13. The second-order valence-corrected chi connectivity index (χ2v) is 16.1. The van der Waals surface area contributed by atoms with E-state index in [0.29, 0.717) is 12.8 Å². The van der Waals surface area contributed by atoms with E-state index in [9.17, 15) is 14.4 Å². The molecule has 0 heterocycles. The number of rotatable bonds is 43. The molecule has 0 aromatic rings. The Bertz CT molecular complexity index is 1430. The maximum Gasteiger partial charge on any atom is 0.306 e. The Hall–Kier alpha value is -4.45. The van der Waals surface area contributed by atoms with Gasteiger partial charge in [-0.2, -0.15) is 0 Å². The van der Waals surface area contributed by atoms with E-state index in [0.717, 1.165) is 109 Å². The molecule has 0 bridgehead atoms. The molecule has 1 atom stereocenters. The third-order valence-corrected chi connectivity index (χ3v) is 10.0. The summed E-state index contributed by atoms with van der Waals surface area (Å²) in [5, 5.41) is 0. The van der Waals surface area contributed by atoms with Crippen LogP contribution < -0.4 is 0 Å². The molecule has 0 radical (unpaired) electrons. The monoisotopic (exact) mass is 883 g/mol. The molecule has 358 valence electrons. The zero-order chi connectivity index (χ0) is 46.5. The van der Waals surface area contributed by atoms with Gasteiger partial charge in [-0.25, -0.2) is 0 Å². The SMILES string of the molecule is CC/C=C/C=C/C=C/C=C/C=C/CCCC(=O)OCC(COC(=O)CCCCCCCCCCC/C=C/C/C=C/C/C=C/CC)OC(=O)CCCCCC/C=C/C/C=C/C/C=C/CC. The minimum Gasteiger partial charge on any atom is -0.462 e. The van der Waals surface area contributed by atoms with Crippen LogP contribution in [0.25, 0.3) is 0 Å². The number of esters is 3. The first-order chi connectivity index (χ1) is 31.5. The lowest BCUT2D eigenvalue weighted by atomic mass is 10.1. The minimum absolute atomic E-state index is 0.118. The van der Waals surface area contributed by atoms with E-state index in [-0.39, 0.29) is 44.0 Å². The van der Waals surface area contributed by atoms with Crippen molar-refractivity contribution in [3.8, 4) is 0 Å². The van der Waals surface area contributed by atoms with Gasteiger partial charge in [-0.05, 0) is 96.3 Å². The number of allylic oxidation sites excluding steroid dienone is 22. The quantitative estimate of drug-likeness (QED) is 0.0200. The molecule has 0 rings (SSSR count). The Balaban J connectivity index is 4.51. The van der Waals surface area contributed by atoms with Crippen LogP contribution in [0.3, 0.4) is 0 Å². The first-order valence-corrected chi connectivity index (χ1v) is 25.3. The molecule has 0 saturated carbocycles. The Morgan fingerprint density at radius 3 is 1.11 bits per heavy atom. The first kappa shape index (κ1) is 59.5. The molecule has 0 aromatic carbocycles. The largest absolute Gasteiger partial charge is 0.462 e. The lowest BCUT2D eigenvalue weighted by Crippen LogP contribution is -2.30. The van der Waals surface area contributed by atoms with Gasteiger partial charge < -0.3 is 14.2 Å². The normalized spacial score (nSPS) is 13.2. The zero-order valence-corrected chi connectivity index (χ0v) is 40.7. The van der Waals surface area contributed by atoms with Crippen LogP contribution in [0.1, 0.15) is 194 Å². The van der Waals surface area contributed by atoms with Gasteiger partial charge in [-0.15, -0.1) is 0 Å². The minimum atomic E-state index is -0.825. The molecule has 0 saturated heterocycles. The molecule has 0 amide bonds. The van der Waals surface area contributed by atoms with Crippen LogP contribution in [0, 0.1) is 0 Å². The summed E-state index contributed by atoms with van der Waals surface area (Å²) in [6.45, 7) is 6.16. The van der Waals surface area contributed by atoms with Crippen molar-refractivity contribution in [3.05, 3.63) is 134 Å². The van der Waals surface area contributed by atoms with Crippen molar-refractivity contribution in [3.63, 3.8) is 0 Å². The Morgan fingerprint density at radius 1 is 0.328 bits per heavy atom. The Morgan fingerprint density at radius 2 is 0.656 bits per heavy atom. The lowest BCUT2D eigenvalue weighted by molar-refractivity contribution is -0.167. The molecular weight excluding hydrogens is 793 g/mol. The first-order valence-electron chi connectivity index (χ1n) is 25.3. The smallest absolute Gasteiger partial charge is 0.306 e. The van der Waals surface area contributed by atoms with Gasteiger partial charge in [0.2, 0.25) is 0 Å². The molecule has 0 aromatic heterocycles. The predicted octanol–water partition coefficient (Wildman–Crippen LogP) is 16.7. The molecule has 6 heteroatoms. The number of carbonyl (C=O) groups is 3. The number of carbonyl (C=O) groups excluding carboxylic acids is 3. The maximum atomic E-state index is 12.8. The third-order valence-electron chi connectivity index (χ3n) is 10.0. The predicted molar refractivity (Wildman–Crippen MR) is 274 cm³/mol. The fourth-order valence-electron chi connectivity index (χ4n) is 6.32. The summed E-state index contributed by atoms with van der Waals surface area (Å²) in [6.07, 6.45) is 71.6. The molecule has 1 unspecified atom stereocenters. The second kappa shape index (κ2) is 51.2. The van der Waals surface area contributed by atoms with Crippen LogP contribution in [-0.2, 0) is 28.6 Å². The molecular formula is C58H90O6. The maximum absolute atomic E-state index is 12.8. The molecule has 0 aliphatic heterocycles. The van der Waals surface area contributed by atoms with Crippen LogP contribution in [0.4, 0.5) is 0 Å². The van der Waals surface area contributed by atoms with E-state index < -0.39 is 6.10 Å². The van der Waals surface area contributed by atoms with Crippen LogP contribution in [0.2, 0.25) is 0 Å². The number of hydrogen-bond acceptors (Lipinski definition) is 6. The van der Waals surface area contributed by atoms with Gasteiger partial charge >= 0.3 is 17.9 Å². The highest BCUT2D eigenvalue weighted by atomic mass is 16.6. The van der Waals surface area contributed by atoms with Crippen LogP contribution in [-0.4, -0.2) is 37.2 Å². The summed E-state index contributed by atoms with van der Waals surface area (Å²) < 4.78 is 16.7. The summed E-state index contributed by atoms with van der Waals surface area (Å²) in [4.78, 5) is 37.9. The topological polar surface area (TPSA) is 78.9 Å². The molecule has 0 aliphatic carbocycles. The van der Waals surface area contributed by atoms with Crippen molar-refractivity contribution in [1.29, 1.82) is 0 Å². The summed E-state index contributed by atoms with van der Waals surface area (Å²) >= 11 is 0. The Labute approximate surface area is 392 Å². The molecule has 0 fully saturated rings. The van der Waals surface area contributed by atoms with Crippen molar-refractivity contribution in [2.45, 2.75) is 200 Å². The number of ether oxygens (including phenoxy) is 3. The Kier molecular flexibility index (Phi) is 47.6. The summed E-state index contributed by atoms with van der Waals surface area (Å²) in [5.74, 6) is -1.03. The van der Waals surface area contributed by atoms with Gasteiger partial charge in [0.25, 0.3) is 0 Å². The van der Waals surface area contributed by atoms with Crippen molar-refractivity contribution in [2.75, 3.05) is 13.2 Å². The van der Waals surface area contributed by atoms with E-state index >= 15 is 0 Å². The molecule has 0 aliphatic rings. The fourth-order valence-corrected chi connectivity index (χ4v) is 6.32. The molecule has 6 nitrogen and oxygen atoms in total. The van der Waals surface area contributed by atoms with Gasteiger partial charge in [0, 0.05) is 19.3 Å². The average Bonchev–Trinajstić information content (AvgIpc) is 3.29. The highest BCUT2D eigenvalue weighted by molar-refractivity contribution is 5.71. The van der Waals surface area contributed by atoms with Crippen LogP contribution >= 0.6 is 0 Å². The average molecular weight is 883 g/mol. The van der Waals surface area contributed by atoms with Gasteiger partial charge in [-0.1, -0.05) is 212 Å². The standard InChI is InChI=1S/C58H90O6/c1-4-7-10-13-16-19-22-25-27-28-29-30-31-34-36-39-42-45-48-51-57(60)63-54-55(53-62-56(59)50-47-44-41-38-35-32-24-21-18-15-12-9-6-3)64-58(61)52-49-46-43-40-37-33-26-23-20-17-14-11-8-5-2/h7-12,15-21,24-27,32-33,35,38,41,55H,4-6,13-14,22-23,28-31,34,36-37,39-40,42-54H2,1-3H3/b10-7+,11-8+,12-9+,18-15+,19-16+,20-17+,24-21+,27-25+,33-26+,35-32+,41-38+. The second-order valence-electron chi connectivity index (χ2n) is 16.1. The molecule has 64 heavy (non-hydrogen) atoms. The number of hydrogen-bond donors (Lipinski definition) is 0. The summed E-state index contributed by atoms with van der Waals surface area (Å²) in [5.41, 5.74) is 0. The van der Waals surface area contributed by atoms with Crippen molar-refractivity contribution < 1.29 is 28.6 Å². The van der Waals surface area contributed by atoms with E-state index in [1.165, 1.54) is 38.5 Å². The zero-order valence-electron chi connectivity index (χ0n) is 40.7. The highest BCUT2D eigenvalue weighted by Gasteiger charge is 2.19. The molecule has 0 N–H and O–H groups in total. The van der Waals surface area contributed by atoms with Crippen LogP contribution in [0.5, 0.6) is 0 Å². The van der Waals surface area contributed by atoms with Crippen LogP contribution in [0.15, 0.2) is 134 Å². The van der Waals surface area contributed by atoms with Crippen molar-refractivity contribution >= 4 is 17.9 Å². The van der Waals surface area contributed by atoms with E-state index in [2.05, 4.69) is 99.8 Å². The summed E-state index contributed by atoms with van der Waals surface area (Å²) in [6, 6.07) is 0. The number of unbranched alkanes of at least 4 members (excludes halogenated alkanes) is 14. The summed E-state index contributed by atoms with van der Waals surface area (Å²) in [7, 11) is 0. The van der Waals surface area contributed by atoms with E-state index in [4.69, 9.17) is 14.2 Å². The van der Waals surface area contributed by atoms with Gasteiger partial charge in [0.05, 0.1) is 0 Å².